The van der Waals surface area contributed by atoms with Crippen molar-refractivity contribution in [2.75, 3.05) is 0 Å². The molecule has 6 nitrogen and oxygen atoms in total. The quantitative estimate of drug-likeness (QED) is 0.833. The molecule has 2 atom stereocenters. The molecule has 0 aromatic carbocycles. The Hall–Kier alpha value is -1.98. The van der Waals surface area contributed by atoms with Gasteiger partial charge in [-0.25, -0.2) is 0 Å². The summed E-state index contributed by atoms with van der Waals surface area (Å²) in [6, 6.07) is 0. The Morgan fingerprint density at radius 2 is 2.24 bits per heavy atom. The number of hydrogen-bond acceptors (Lipinski definition) is 4. The summed E-state index contributed by atoms with van der Waals surface area (Å²) in [6.07, 6.45) is 5.02. The zero-order valence-electron chi connectivity index (χ0n) is 9.53. The fourth-order valence-electron chi connectivity index (χ4n) is 2.56. The molecule has 6 heteroatoms. The van der Waals surface area contributed by atoms with Crippen LogP contribution in [0.1, 0.15) is 25.6 Å². The van der Waals surface area contributed by atoms with Crippen LogP contribution in [0.2, 0.25) is 0 Å². The predicted octanol–water partition coefficient (Wildman–Crippen LogP) is 0.948. The Bertz CT molecular complexity index is 604. The molecule has 1 aliphatic carbocycles. The lowest BCUT2D eigenvalue weighted by molar-refractivity contribution is -0.139. The Morgan fingerprint density at radius 1 is 1.47 bits per heavy atom. The van der Waals surface area contributed by atoms with E-state index in [1.165, 1.54) is 0 Å². The van der Waals surface area contributed by atoms with Crippen molar-refractivity contribution in [2.24, 2.45) is 11.3 Å². The van der Waals surface area contributed by atoms with Crippen LogP contribution in [0.5, 0.6) is 0 Å². The standard InChI is InChI=1S/C11H12N4O2/c1-11(2)7(8(11)10(16)17)9-14-13-6-5-12-3-4-15(6)9/h3-5,7-8H,1-2H3,(H,16,17). The number of carbonyl (C=O) groups is 1. The molecule has 0 amide bonds. The predicted molar refractivity (Wildman–Crippen MR) is 58.4 cm³/mol. The number of hydrogen-bond donors (Lipinski definition) is 1. The zero-order valence-corrected chi connectivity index (χ0v) is 9.53. The van der Waals surface area contributed by atoms with E-state index in [2.05, 4.69) is 15.2 Å². The number of carboxylic acids is 1. The number of nitrogens with zero attached hydrogens (tertiary/aromatic N) is 4. The summed E-state index contributed by atoms with van der Waals surface area (Å²) in [7, 11) is 0. The first-order chi connectivity index (χ1) is 8.03. The number of aromatic nitrogens is 4. The van der Waals surface area contributed by atoms with Crippen molar-refractivity contribution in [3.05, 3.63) is 24.4 Å². The number of fused-ring (bicyclic) bond motifs is 1. The first kappa shape index (κ1) is 10.2. The van der Waals surface area contributed by atoms with Crippen molar-refractivity contribution in [3.8, 4) is 0 Å². The van der Waals surface area contributed by atoms with E-state index < -0.39 is 5.97 Å². The van der Waals surface area contributed by atoms with Crippen LogP contribution >= 0.6 is 0 Å². The highest BCUT2D eigenvalue weighted by molar-refractivity contribution is 5.77. The second kappa shape index (κ2) is 3.03. The highest BCUT2D eigenvalue weighted by Crippen LogP contribution is 2.63. The van der Waals surface area contributed by atoms with Gasteiger partial charge in [-0.05, 0) is 5.41 Å². The van der Waals surface area contributed by atoms with Gasteiger partial charge in [0.2, 0.25) is 0 Å². The van der Waals surface area contributed by atoms with Crippen LogP contribution < -0.4 is 0 Å². The molecule has 0 spiro atoms. The minimum Gasteiger partial charge on any atom is -0.481 e. The van der Waals surface area contributed by atoms with Crippen molar-refractivity contribution in [1.82, 2.24) is 19.6 Å². The second-order valence-corrected chi connectivity index (χ2v) is 4.98. The fourth-order valence-corrected chi connectivity index (χ4v) is 2.56. The van der Waals surface area contributed by atoms with E-state index in [0.717, 1.165) is 0 Å². The topological polar surface area (TPSA) is 80.4 Å². The van der Waals surface area contributed by atoms with E-state index >= 15 is 0 Å². The average molecular weight is 232 g/mol. The molecule has 1 saturated carbocycles. The first-order valence-corrected chi connectivity index (χ1v) is 5.41. The highest BCUT2D eigenvalue weighted by atomic mass is 16.4. The number of carboxylic acid groups (broad SMARTS) is 1. The summed E-state index contributed by atoms with van der Waals surface area (Å²) in [5, 5.41) is 17.3. The van der Waals surface area contributed by atoms with Crippen molar-refractivity contribution in [1.29, 1.82) is 0 Å². The molecule has 2 aromatic rings. The maximum atomic E-state index is 11.1. The van der Waals surface area contributed by atoms with Gasteiger partial charge in [-0.15, -0.1) is 10.2 Å². The largest absolute Gasteiger partial charge is 0.481 e. The van der Waals surface area contributed by atoms with E-state index in [1.54, 1.807) is 18.6 Å². The van der Waals surface area contributed by atoms with Crippen LogP contribution in [0, 0.1) is 11.3 Å². The normalized spacial score (nSPS) is 26.0. The van der Waals surface area contributed by atoms with Crippen molar-refractivity contribution in [3.63, 3.8) is 0 Å². The maximum Gasteiger partial charge on any atom is 0.307 e. The lowest BCUT2D eigenvalue weighted by atomic mass is 10.1. The summed E-state index contributed by atoms with van der Waals surface area (Å²) >= 11 is 0. The van der Waals surface area contributed by atoms with Crippen molar-refractivity contribution in [2.45, 2.75) is 19.8 Å². The monoisotopic (exact) mass is 232 g/mol. The SMILES string of the molecule is CC1(C)C(C(=O)O)C1c1nnc2cnccn12. The molecule has 1 fully saturated rings. The Balaban J connectivity index is 2.09. The summed E-state index contributed by atoms with van der Waals surface area (Å²) in [5.41, 5.74) is 0.382. The van der Waals surface area contributed by atoms with Gasteiger partial charge in [-0.1, -0.05) is 13.8 Å². The van der Waals surface area contributed by atoms with Gasteiger partial charge in [0.15, 0.2) is 5.65 Å². The van der Waals surface area contributed by atoms with Gasteiger partial charge in [-0.3, -0.25) is 14.2 Å². The first-order valence-electron chi connectivity index (χ1n) is 5.41. The third-order valence-corrected chi connectivity index (χ3v) is 3.61. The summed E-state index contributed by atoms with van der Waals surface area (Å²) in [6.45, 7) is 3.89. The Kier molecular flexibility index (Phi) is 1.81. The van der Waals surface area contributed by atoms with E-state index in [-0.39, 0.29) is 17.3 Å². The van der Waals surface area contributed by atoms with Crippen LogP contribution in [-0.2, 0) is 4.79 Å². The van der Waals surface area contributed by atoms with Crippen LogP contribution in [0.3, 0.4) is 0 Å². The Labute approximate surface area is 97.3 Å². The smallest absolute Gasteiger partial charge is 0.307 e. The second-order valence-electron chi connectivity index (χ2n) is 4.98. The average Bonchev–Trinajstić information content (AvgIpc) is 2.68. The van der Waals surface area contributed by atoms with E-state index in [0.29, 0.717) is 11.5 Å². The number of aliphatic carboxylic acids is 1. The third kappa shape index (κ3) is 1.26. The molecule has 0 bridgehead atoms. The van der Waals surface area contributed by atoms with Gasteiger partial charge in [0.05, 0.1) is 12.1 Å². The van der Waals surface area contributed by atoms with Gasteiger partial charge >= 0.3 is 5.97 Å². The molecular formula is C11H12N4O2. The molecule has 3 rings (SSSR count). The minimum absolute atomic E-state index is 0.0857. The molecular weight excluding hydrogens is 220 g/mol. The minimum atomic E-state index is -0.772. The summed E-state index contributed by atoms with van der Waals surface area (Å²) in [5.74, 6) is -0.536. The van der Waals surface area contributed by atoms with Crippen LogP contribution in [0.25, 0.3) is 5.65 Å². The van der Waals surface area contributed by atoms with Crippen molar-refractivity contribution < 1.29 is 9.90 Å². The van der Waals surface area contributed by atoms with Gasteiger partial charge < -0.3 is 5.11 Å². The van der Waals surface area contributed by atoms with E-state index in [9.17, 15) is 4.79 Å². The molecule has 0 radical (unpaired) electrons. The molecule has 0 aliphatic heterocycles. The fraction of sp³-hybridized carbons (Fsp3) is 0.455. The highest BCUT2D eigenvalue weighted by Gasteiger charge is 2.64. The van der Waals surface area contributed by atoms with E-state index in [1.807, 2.05) is 18.2 Å². The summed E-state index contributed by atoms with van der Waals surface area (Å²) < 4.78 is 1.81. The van der Waals surface area contributed by atoms with Gasteiger partial charge in [0.1, 0.15) is 5.82 Å². The van der Waals surface area contributed by atoms with Crippen LogP contribution in [-0.4, -0.2) is 30.7 Å². The van der Waals surface area contributed by atoms with Crippen molar-refractivity contribution >= 4 is 11.6 Å². The molecule has 88 valence electrons. The molecule has 2 heterocycles. The molecule has 0 saturated heterocycles. The van der Waals surface area contributed by atoms with Crippen LogP contribution in [0.15, 0.2) is 18.6 Å². The maximum absolute atomic E-state index is 11.1. The molecule has 17 heavy (non-hydrogen) atoms. The molecule has 2 aromatic heterocycles. The summed E-state index contributed by atoms with van der Waals surface area (Å²) in [4.78, 5) is 15.1. The lowest BCUT2D eigenvalue weighted by Gasteiger charge is -2.00. The third-order valence-electron chi connectivity index (χ3n) is 3.61. The van der Waals surface area contributed by atoms with Gasteiger partial charge in [0, 0.05) is 18.3 Å². The van der Waals surface area contributed by atoms with Gasteiger partial charge in [-0.2, -0.15) is 0 Å². The Morgan fingerprint density at radius 3 is 2.88 bits per heavy atom. The number of rotatable bonds is 2. The molecule has 1 aliphatic rings. The lowest BCUT2D eigenvalue weighted by Crippen LogP contribution is -2.03. The molecule has 2 unspecified atom stereocenters. The van der Waals surface area contributed by atoms with Crippen LogP contribution in [0.4, 0.5) is 0 Å². The molecule has 1 N–H and O–H groups in total. The zero-order chi connectivity index (χ0) is 12.2. The van der Waals surface area contributed by atoms with E-state index in [4.69, 9.17) is 5.11 Å². The van der Waals surface area contributed by atoms with Gasteiger partial charge in [0.25, 0.3) is 0 Å².